The summed E-state index contributed by atoms with van der Waals surface area (Å²) in [5.41, 5.74) is 1.17. The largest absolute Gasteiger partial charge is 0.495 e. The fraction of sp³-hybridized carbons (Fsp3) is 0.238. The number of halogens is 1. The Bertz CT molecular complexity index is 953. The molecule has 0 radical (unpaired) electrons. The van der Waals surface area contributed by atoms with E-state index in [0.29, 0.717) is 28.0 Å². The third-order valence-corrected chi connectivity index (χ3v) is 4.40. The molecule has 0 heterocycles. The zero-order chi connectivity index (χ0) is 21.4. The highest BCUT2D eigenvalue weighted by molar-refractivity contribution is 6.31. The molecule has 2 N–H and O–H groups in total. The average Bonchev–Trinajstić information content (AvgIpc) is 2.73. The van der Waals surface area contributed by atoms with Crippen molar-refractivity contribution in [3.63, 3.8) is 0 Å². The summed E-state index contributed by atoms with van der Waals surface area (Å²) in [5, 5.41) is 15.5. The first-order valence-corrected chi connectivity index (χ1v) is 9.04. The molecule has 7 nitrogen and oxygen atoms in total. The minimum Gasteiger partial charge on any atom is -0.495 e. The smallest absolute Gasteiger partial charge is 0.267 e. The fourth-order valence-corrected chi connectivity index (χ4v) is 2.71. The van der Waals surface area contributed by atoms with E-state index in [2.05, 4.69) is 10.6 Å². The predicted octanol–water partition coefficient (Wildman–Crippen LogP) is 4.06. The lowest BCUT2D eigenvalue weighted by Crippen LogP contribution is -2.19. The highest BCUT2D eigenvalue weighted by Gasteiger charge is 2.14. The van der Waals surface area contributed by atoms with Crippen LogP contribution in [0.25, 0.3) is 0 Å². The molecule has 0 saturated heterocycles. The van der Waals surface area contributed by atoms with Gasteiger partial charge in [-0.3, -0.25) is 4.79 Å². The van der Waals surface area contributed by atoms with Gasteiger partial charge >= 0.3 is 0 Å². The van der Waals surface area contributed by atoms with Crippen LogP contribution in [0.3, 0.4) is 0 Å². The van der Waals surface area contributed by atoms with Gasteiger partial charge in [-0.25, -0.2) is 0 Å². The van der Waals surface area contributed by atoms with Crippen LogP contribution >= 0.6 is 11.6 Å². The van der Waals surface area contributed by atoms with E-state index in [4.69, 9.17) is 25.8 Å². The summed E-state index contributed by atoms with van der Waals surface area (Å²) < 4.78 is 15.7. The molecule has 0 saturated carbocycles. The van der Waals surface area contributed by atoms with Crippen molar-refractivity contribution >= 4 is 23.2 Å². The van der Waals surface area contributed by atoms with Crippen LogP contribution in [0.5, 0.6) is 17.2 Å². The Morgan fingerprint density at radius 1 is 1.07 bits per heavy atom. The van der Waals surface area contributed by atoms with Crippen molar-refractivity contribution in [2.24, 2.45) is 0 Å². The maximum Gasteiger partial charge on any atom is 0.267 e. The van der Waals surface area contributed by atoms with Gasteiger partial charge in [0.25, 0.3) is 5.91 Å². The fourth-order valence-electron chi connectivity index (χ4n) is 2.54. The molecule has 2 aromatic rings. The molecule has 1 atom stereocenters. The number of rotatable bonds is 8. The number of nitrogens with zero attached hydrogens (tertiary/aromatic N) is 1. The molecular weight excluding hydrogens is 394 g/mol. The van der Waals surface area contributed by atoms with Crippen molar-refractivity contribution in [2.45, 2.75) is 13.0 Å². The zero-order valence-corrected chi connectivity index (χ0v) is 17.3. The van der Waals surface area contributed by atoms with Crippen molar-refractivity contribution in [3.05, 3.63) is 58.8 Å². The predicted molar refractivity (Wildman–Crippen MR) is 111 cm³/mol. The minimum absolute atomic E-state index is 0.0978. The van der Waals surface area contributed by atoms with Crippen molar-refractivity contribution in [1.29, 1.82) is 5.26 Å². The first-order valence-electron chi connectivity index (χ1n) is 8.66. The van der Waals surface area contributed by atoms with E-state index in [-0.39, 0.29) is 11.6 Å². The van der Waals surface area contributed by atoms with Gasteiger partial charge < -0.3 is 24.8 Å². The number of nitriles is 1. The first-order chi connectivity index (χ1) is 13.9. The number of carbonyl (C=O) groups excluding carboxylic acids is 1. The van der Waals surface area contributed by atoms with Crippen LogP contribution < -0.4 is 24.8 Å². The van der Waals surface area contributed by atoms with Gasteiger partial charge in [-0.15, -0.1) is 0 Å². The van der Waals surface area contributed by atoms with Gasteiger partial charge in [-0.2, -0.15) is 5.26 Å². The topological polar surface area (TPSA) is 92.6 Å². The SMILES string of the molecule is COc1ccc(Cl)cc1NC(=O)/C(C#N)=C\NC(C)c1ccc(OC)c(OC)c1. The van der Waals surface area contributed by atoms with Gasteiger partial charge in [-0.05, 0) is 42.8 Å². The number of anilines is 1. The number of nitrogens with one attached hydrogen (secondary N) is 2. The molecule has 0 aliphatic heterocycles. The van der Waals surface area contributed by atoms with Crippen molar-refractivity contribution in [3.8, 4) is 23.3 Å². The standard InChI is InChI=1S/C21H22ClN3O4/c1-13(14-5-7-19(28-3)20(9-14)29-4)24-12-15(11-23)21(26)25-17-10-16(22)6-8-18(17)27-2/h5-10,12-13,24H,1-4H3,(H,25,26)/b15-12-. The van der Waals surface area contributed by atoms with Gasteiger partial charge in [0.05, 0.1) is 27.0 Å². The molecule has 0 bridgehead atoms. The van der Waals surface area contributed by atoms with E-state index < -0.39 is 5.91 Å². The summed E-state index contributed by atoms with van der Waals surface area (Å²) in [5.74, 6) is 1.06. The van der Waals surface area contributed by atoms with Gasteiger partial charge in [-0.1, -0.05) is 17.7 Å². The van der Waals surface area contributed by atoms with Crippen LogP contribution in [-0.2, 0) is 4.79 Å². The van der Waals surface area contributed by atoms with E-state index in [1.54, 1.807) is 38.5 Å². The molecule has 0 aliphatic rings. The molecule has 2 aromatic carbocycles. The van der Waals surface area contributed by atoms with E-state index >= 15 is 0 Å². The summed E-state index contributed by atoms with van der Waals surface area (Å²) >= 11 is 5.97. The lowest BCUT2D eigenvalue weighted by molar-refractivity contribution is -0.112. The third kappa shape index (κ3) is 5.56. The van der Waals surface area contributed by atoms with E-state index in [9.17, 15) is 10.1 Å². The Morgan fingerprint density at radius 2 is 1.72 bits per heavy atom. The molecule has 1 amide bonds. The molecule has 0 aliphatic carbocycles. The quantitative estimate of drug-likeness (QED) is 0.499. The molecule has 8 heteroatoms. The number of hydrogen-bond donors (Lipinski definition) is 2. The van der Waals surface area contributed by atoms with E-state index in [0.717, 1.165) is 5.56 Å². The molecule has 1 unspecified atom stereocenters. The summed E-state index contributed by atoms with van der Waals surface area (Å²) in [7, 11) is 4.60. The lowest BCUT2D eigenvalue weighted by Gasteiger charge is -2.16. The minimum atomic E-state index is -0.583. The highest BCUT2D eigenvalue weighted by Crippen LogP contribution is 2.30. The first kappa shape index (κ1) is 21.9. The zero-order valence-electron chi connectivity index (χ0n) is 16.6. The number of benzene rings is 2. The van der Waals surface area contributed by atoms with Crippen LogP contribution in [0.15, 0.2) is 48.2 Å². The van der Waals surface area contributed by atoms with Gasteiger partial charge in [0, 0.05) is 17.3 Å². The second kappa shape index (κ2) is 10.2. The van der Waals surface area contributed by atoms with Gasteiger partial charge in [0.15, 0.2) is 11.5 Å². The molecule has 0 fully saturated rings. The van der Waals surface area contributed by atoms with Crippen molar-refractivity contribution < 1.29 is 19.0 Å². The molecule has 2 rings (SSSR count). The Labute approximate surface area is 174 Å². The number of amides is 1. The number of methoxy groups -OCH3 is 3. The van der Waals surface area contributed by atoms with Gasteiger partial charge in [0.1, 0.15) is 17.4 Å². The Kier molecular flexibility index (Phi) is 7.75. The average molecular weight is 416 g/mol. The summed E-state index contributed by atoms with van der Waals surface area (Å²) in [6, 6.07) is 12.0. The van der Waals surface area contributed by atoms with Crippen molar-refractivity contribution in [2.75, 3.05) is 26.6 Å². The molecule has 152 valence electrons. The second-order valence-corrected chi connectivity index (χ2v) is 6.41. The monoisotopic (exact) mass is 415 g/mol. The van der Waals surface area contributed by atoms with Gasteiger partial charge in [0.2, 0.25) is 0 Å². The Balaban J connectivity index is 2.14. The summed E-state index contributed by atoms with van der Waals surface area (Å²) in [4.78, 5) is 12.5. The maximum absolute atomic E-state index is 12.5. The lowest BCUT2D eigenvalue weighted by atomic mass is 10.1. The van der Waals surface area contributed by atoms with Crippen molar-refractivity contribution in [1.82, 2.24) is 5.32 Å². The van der Waals surface area contributed by atoms with E-state index in [1.165, 1.54) is 13.3 Å². The second-order valence-electron chi connectivity index (χ2n) is 5.97. The maximum atomic E-state index is 12.5. The van der Waals surface area contributed by atoms with Crippen LogP contribution in [0.2, 0.25) is 5.02 Å². The number of hydrogen-bond acceptors (Lipinski definition) is 6. The summed E-state index contributed by atoms with van der Waals surface area (Å²) in [6.45, 7) is 1.89. The molecular formula is C21H22ClN3O4. The molecule has 29 heavy (non-hydrogen) atoms. The van der Waals surface area contributed by atoms with Crippen LogP contribution in [0, 0.1) is 11.3 Å². The van der Waals surface area contributed by atoms with Crippen LogP contribution in [0.4, 0.5) is 5.69 Å². The van der Waals surface area contributed by atoms with Crippen LogP contribution in [0.1, 0.15) is 18.5 Å². The molecule has 0 aromatic heterocycles. The van der Waals surface area contributed by atoms with Crippen LogP contribution in [-0.4, -0.2) is 27.2 Å². The Morgan fingerprint density at radius 3 is 2.34 bits per heavy atom. The third-order valence-electron chi connectivity index (χ3n) is 4.16. The molecule has 0 spiro atoms. The summed E-state index contributed by atoms with van der Waals surface area (Å²) in [6.07, 6.45) is 1.37. The number of ether oxygens (including phenoxy) is 3. The normalized spacial score (nSPS) is 11.8. The number of carbonyl (C=O) groups is 1. The van der Waals surface area contributed by atoms with E-state index in [1.807, 2.05) is 25.1 Å². The Hall–Kier alpha value is -3.37. The highest BCUT2D eigenvalue weighted by atomic mass is 35.5.